The van der Waals surface area contributed by atoms with E-state index in [9.17, 15) is 4.79 Å². The number of carbonyl (C=O) groups excluding carboxylic acids is 1. The number of aromatic nitrogens is 1. The second-order valence-corrected chi connectivity index (χ2v) is 8.39. The van der Waals surface area contributed by atoms with Gasteiger partial charge >= 0.3 is 0 Å². The summed E-state index contributed by atoms with van der Waals surface area (Å²) in [5.74, 6) is 1.01. The standard InChI is InChI=1S/C22H29N3OS/c1-17(16-27-21-6-4-3-5-7-21)22(26)24-20-10-14-25(15-11-20)18(2)19-8-12-23-13-9-19/h3-9,12-13,17-18,20H,10-11,14-16H2,1-2H3,(H,24,26). The number of amides is 1. The molecule has 1 amide bonds. The molecule has 0 aliphatic carbocycles. The molecule has 27 heavy (non-hydrogen) atoms. The highest BCUT2D eigenvalue weighted by atomic mass is 32.2. The first-order valence-electron chi connectivity index (χ1n) is 9.75. The molecule has 2 aromatic rings. The van der Waals surface area contributed by atoms with Crippen LogP contribution in [0.3, 0.4) is 0 Å². The fourth-order valence-corrected chi connectivity index (χ4v) is 4.38. The molecule has 5 heteroatoms. The van der Waals surface area contributed by atoms with Gasteiger partial charge in [0.2, 0.25) is 5.91 Å². The van der Waals surface area contributed by atoms with Gasteiger partial charge in [0.1, 0.15) is 0 Å². The molecule has 144 valence electrons. The molecule has 1 aliphatic rings. The molecule has 0 radical (unpaired) electrons. The summed E-state index contributed by atoms with van der Waals surface area (Å²) in [6.45, 7) is 6.30. The Morgan fingerprint density at radius 2 is 1.81 bits per heavy atom. The third kappa shape index (κ3) is 5.81. The van der Waals surface area contributed by atoms with Crippen molar-refractivity contribution in [3.8, 4) is 0 Å². The van der Waals surface area contributed by atoms with Gasteiger partial charge in [0, 0.05) is 54.1 Å². The van der Waals surface area contributed by atoms with Crippen molar-refractivity contribution < 1.29 is 4.79 Å². The van der Waals surface area contributed by atoms with Crippen molar-refractivity contribution in [2.24, 2.45) is 5.92 Å². The van der Waals surface area contributed by atoms with Gasteiger partial charge in [-0.15, -0.1) is 11.8 Å². The van der Waals surface area contributed by atoms with Crippen LogP contribution in [0.25, 0.3) is 0 Å². The second-order valence-electron chi connectivity index (χ2n) is 7.30. The van der Waals surface area contributed by atoms with Crippen LogP contribution in [-0.2, 0) is 4.79 Å². The quantitative estimate of drug-likeness (QED) is 0.730. The van der Waals surface area contributed by atoms with Crippen molar-refractivity contribution in [1.29, 1.82) is 0 Å². The number of nitrogens with one attached hydrogen (secondary N) is 1. The Labute approximate surface area is 166 Å². The summed E-state index contributed by atoms with van der Waals surface area (Å²) in [5, 5.41) is 3.27. The first-order chi connectivity index (χ1) is 13.1. The number of thioether (sulfide) groups is 1. The molecular weight excluding hydrogens is 354 g/mol. The highest BCUT2D eigenvalue weighted by Gasteiger charge is 2.25. The molecule has 2 heterocycles. The van der Waals surface area contributed by atoms with E-state index in [1.807, 2.05) is 37.5 Å². The van der Waals surface area contributed by atoms with E-state index in [1.165, 1.54) is 10.5 Å². The lowest BCUT2D eigenvalue weighted by Crippen LogP contribution is -2.46. The van der Waals surface area contributed by atoms with Gasteiger partial charge in [0.15, 0.2) is 0 Å². The zero-order chi connectivity index (χ0) is 19.1. The van der Waals surface area contributed by atoms with Crippen molar-refractivity contribution >= 4 is 17.7 Å². The van der Waals surface area contributed by atoms with Crippen LogP contribution >= 0.6 is 11.8 Å². The number of benzene rings is 1. The summed E-state index contributed by atoms with van der Waals surface area (Å²) in [4.78, 5) is 20.3. The molecule has 1 aromatic heterocycles. The second kappa shape index (κ2) is 9.90. The molecule has 2 unspecified atom stereocenters. The zero-order valence-corrected chi connectivity index (χ0v) is 17.0. The van der Waals surface area contributed by atoms with E-state index in [1.54, 1.807) is 11.8 Å². The predicted octanol–water partition coefficient (Wildman–Crippen LogP) is 4.15. The Kier molecular flexibility index (Phi) is 7.30. The number of hydrogen-bond acceptors (Lipinski definition) is 4. The Hall–Kier alpha value is -1.85. The van der Waals surface area contributed by atoms with Gasteiger partial charge in [-0.3, -0.25) is 14.7 Å². The molecule has 4 nitrogen and oxygen atoms in total. The third-order valence-electron chi connectivity index (χ3n) is 5.30. The first-order valence-corrected chi connectivity index (χ1v) is 10.7. The fourth-order valence-electron chi connectivity index (χ4n) is 3.44. The van der Waals surface area contributed by atoms with Gasteiger partial charge < -0.3 is 5.32 Å². The Morgan fingerprint density at radius 3 is 2.48 bits per heavy atom. The van der Waals surface area contributed by atoms with E-state index in [4.69, 9.17) is 0 Å². The molecule has 1 fully saturated rings. The van der Waals surface area contributed by atoms with E-state index in [-0.39, 0.29) is 11.8 Å². The summed E-state index contributed by atoms with van der Waals surface area (Å²) in [6.07, 6.45) is 5.74. The monoisotopic (exact) mass is 383 g/mol. The topological polar surface area (TPSA) is 45.2 Å². The van der Waals surface area contributed by atoms with Crippen LogP contribution in [0, 0.1) is 5.92 Å². The Balaban J connectivity index is 1.41. The molecule has 0 bridgehead atoms. The number of nitrogens with zero attached hydrogens (tertiary/aromatic N) is 2. The number of likely N-dealkylation sites (tertiary alicyclic amines) is 1. The van der Waals surface area contributed by atoms with Crippen molar-refractivity contribution in [3.63, 3.8) is 0 Å². The van der Waals surface area contributed by atoms with Crippen LogP contribution in [-0.4, -0.2) is 40.7 Å². The molecule has 0 spiro atoms. The van der Waals surface area contributed by atoms with E-state index in [0.29, 0.717) is 12.1 Å². The minimum Gasteiger partial charge on any atom is -0.353 e. The highest BCUT2D eigenvalue weighted by molar-refractivity contribution is 7.99. The summed E-state index contributed by atoms with van der Waals surface area (Å²) < 4.78 is 0. The van der Waals surface area contributed by atoms with Crippen LogP contribution in [0.2, 0.25) is 0 Å². The number of hydrogen-bond donors (Lipinski definition) is 1. The number of pyridine rings is 1. The summed E-state index contributed by atoms with van der Waals surface area (Å²) >= 11 is 1.75. The number of rotatable bonds is 7. The van der Waals surface area contributed by atoms with Crippen molar-refractivity contribution in [2.75, 3.05) is 18.8 Å². The number of carbonyl (C=O) groups is 1. The van der Waals surface area contributed by atoms with Gasteiger partial charge in [-0.25, -0.2) is 0 Å². The fraction of sp³-hybridized carbons (Fsp3) is 0.455. The molecule has 1 N–H and O–H groups in total. The Morgan fingerprint density at radius 1 is 1.15 bits per heavy atom. The van der Waals surface area contributed by atoms with Crippen LogP contribution in [0.5, 0.6) is 0 Å². The van der Waals surface area contributed by atoms with Crippen molar-refractivity contribution in [1.82, 2.24) is 15.2 Å². The maximum atomic E-state index is 12.5. The molecule has 1 aliphatic heterocycles. The lowest BCUT2D eigenvalue weighted by molar-refractivity contribution is -0.124. The van der Waals surface area contributed by atoms with E-state index < -0.39 is 0 Å². The van der Waals surface area contributed by atoms with Crippen molar-refractivity contribution in [2.45, 2.75) is 43.7 Å². The van der Waals surface area contributed by atoms with Crippen LogP contribution < -0.4 is 5.32 Å². The van der Waals surface area contributed by atoms with Gasteiger partial charge in [0.05, 0.1) is 0 Å². The van der Waals surface area contributed by atoms with Crippen molar-refractivity contribution in [3.05, 3.63) is 60.4 Å². The van der Waals surface area contributed by atoms with Gasteiger partial charge in [0.25, 0.3) is 0 Å². The Bertz CT molecular complexity index is 702. The normalized spacial score (nSPS) is 18.0. The summed E-state index contributed by atoms with van der Waals surface area (Å²) in [6, 6.07) is 15.1. The van der Waals surface area contributed by atoms with E-state index in [2.05, 4.69) is 46.4 Å². The molecule has 1 saturated heterocycles. The predicted molar refractivity (Wildman–Crippen MR) is 112 cm³/mol. The lowest BCUT2D eigenvalue weighted by atomic mass is 10.00. The first kappa shape index (κ1) is 19.9. The number of piperidine rings is 1. The maximum Gasteiger partial charge on any atom is 0.223 e. The van der Waals surface area contributed by atoms with Gasteiger partial charge in [-0.05, 0) is 49.6 Å². The molecular formula is C22H29N3OS. The zero-order valence-electron chi connectivity index (χ0n) is 16.2. The average molecular weight is 384 g/mol. The average Bonchev–Trinajstić information content (AvgIpc) is 2.73. The minimum absolute atomic E-state index is 0.0176. The lowest BCUT2D eigenvalue weighted by Gasteiger charge is -2.36. The molecule has 0 saturated carbocycles. The maximum absolute atomic E-state index is 12.5. The smallest absolute Gasteiger partial charge is 0.223 e. The minimum atomic E-state index is 0.0176. The van der Waals surface area contributed by atoms with Crippen LogP contribution in [0.4, 0.5) is 0 Å². The van der Waals surface area contributed by atoms with E-state index in [0.717, 1.165) is 31.7 Å². The largest absolute Gasteiger partial charge is 0.353 e. The van der Waals surface area contributed by atoms with Gasteiger partial charge in [-0.1, -0.05) is 25.1 Å². The molecule has 2 atom stereocenters. The van der Waals surface area contributed by atoms with Crippen LogP contribution in [0.15, 0.2) is 59.8 Å². The van der Waals surface area contributed by atoms with Gasteiger partial charge in [-0.2, -0.15) is 0 Å². The van der Waals surface area contributed by atoms with Crippen LogP contribution in [0.1, 0.15) is 38.3 Å². The molecule has 1 aromatic carbocycles. The molecule has 3 rings (SSSR count). The van der Waals surface area contributed by atoms with E-state index >= 15 is 0 Å². The highest BCUT2D eigenvalue weighted by Crippen LogP contribution is 2.24. The summed E-state index contributed by atoms with van der Waals surface area (Å²) in [5.41, 5.74) is 1.30. The summed E-state index contributed by atoms with van der Waals surface area (Å²) in [7, 11) is 0. The third-order valence-corrected chi connectivity index (χ3v) is 6.58. The SMILES string of the molecule is CC(CSc1ccccc1)C(=O)NC1CCN(C(C)c2ccncc2)CC1.